The summed E-state index contributed by atoms with van der Waals surface area (Å²) in [5, 5.41) is 16.7. The van der Waals surface area contributed by atoms with Crippen LogP contribution in [0.25, 0.3) is 6.08 Å². The number of anilines is 2. The third kappa shape index (κ3) is 8.75. The summed E-state index contributed by atoms with van der Waals surface area (Å²) in [5.74, 6) is -3.51. The van der Waals surface area contributed by atoms with Gasteiger partial charge in [-0.2, -0.15) is 0 Å². The number of carbonyl (C=O) groups is 4. The summed E-state index contributed by atoms with van der Waals surface area (Å²) in [5.41, 5.74) is 1.35. The molecule has 8 nitrogen and oxygen atoms in total. The predicted molar refractivity (Wildman–Crippen MR) is 185 cm³/mol. The fraction of sp³-hybridized carbons (Fsp3) is 0.0270. The molecule has 3 amide bonds. The standard InChI is InChI=1S/C37H27ClFN3O5S/c38-30-18-9-19-31(39)29(30)22-32(42-34(43)24-12-5-2-6-13-24)35(44)40-27-16-8-17-28(21-27)48-33(23-10-3-1-4-11-23)36(45)41-26-15-7-14-25(20-26)37(46)47/h1-22,33H,(H,40,44)(H,41,45)(H,42,43)(H,46,47)/b32-22+. The van der Waals surface area contributed by atoms with E-state index in [0.29, 0.717) is 21.8 Å². The summed E-state index contributed by atoms with van der Waals surface area (Å²) < 4.78 is 14.7. The van der Waals surface area contributed by atoms with E-state index in [4.69, 9.17) is 11.6 Å². The highest BCUT2D eigenvalue weighted by Gasteiger charge is 2.23. The van der Waals surface area contributed by atoms with E-state index < -0.39 is 34.8 Å². The first-order valence-corrected chi connectivity index (χ1v) is 15.7. The van der Waals surface area contributed by atoms with Crippen molar-refractivity contribution in [1.29, 1.82) is 0 Å². The molecule has 0 heterocycles. The van der Waals surface area contributed by atoms with Crippen LogP contribution in [0, 0.1) is 5.82 Å². The number of benzene rings is 5. The van der Waals surface area contributed by atoms with Crippen LogP contribution in [0.3, 0.4) is 0 Å². The second kappa shape index (κ2) is 15.7. The highest BCUT2D eigenvalue weighted by Crippen LogP contribution is 2.37. The molecule has 5 aromatic rings. The molecule has 240 valence electrons. The number of hydrogen-bond donors (Lipinski definition) is 4. The number of carbonyl (C=O) groups excluding carboxylic acids is 3. The SMILES string of the molecule is O=C(Nc1cccc(SC(C(=O)Nc2cccc(C(=O)O)c2)c2ccccc2)c1)/C(=C\c1c(F)cccc1Cl)NC(=O)c1ccccc1. The van der Waals surface area contributed by atoms with Gasteiger partial charge in [0.05, 0.1) is 10.6 Å². The fourth-order valence-electron chi connectivity index (χ4n) is 4.56. The lowest BCUT2D eigenvalue weighted by Crippen LogP contribution is -2.30. The number of amides is 3. The van der Waals surface area contributed by atoms with Gasteiger partial charge in [-0.25, -0.2) is 9.18 Å². The first kappa shape index (κ1) is 33.6. The van der Waals surface area contributed by atoms with Gasteiger partial charge in [0.15, 0.2) is 0 Å². The second-order valence-corrected chi connectivity index (χ2v) is 11.9. The molecular weight excluding hydrogens is 653 g/mol. The van der Waals surface area contributed by atoms with Gasteiger partial charge in [-0.1, -0.05) is 78.3 Å². The van der Waals surface area contributed by atoms with Gasteiger partial charge in [0.1, 0.15) is 16.8 Å². The number of nitrogens with one attached hydrogen (secondary N) is 3. The van der Waals surface area contributed by atoms with Crippen molar-refractivity contribution < 1.29 is 28.7 Å². The first-order valence-electron chi connectivity index (χ1n) is 14.5. The van der Waals surface area contributed by atoms with Gasteiger partial charge in [0.2, 0.25) is 5.91 Å². The van der Waals surface area contributed by atoms with Crippen molar-refractivity contribution in [3.63, 3.8) is 0 Å². The molecule has 1 unspecified atom stereocenters. The van der Waals surface area contributed by atoms with Gasteiger partial charge in [-0.15, -0.1) is 11.8 Å². The lowest BCUT2D eigenvalue weighted by atomic mass is 10.1. The molecule has 0 radical (unpaired) electrons. The number of aromatic carboxylic acids is 1. The normalized spacial score (nSPS) is 11.7. The predicted octanol–water partition coefficient (Wildman–Crippen LogP) is 8.06. The maximum Gasteiger partial charge on any atom is 0.335 e. The lowest BCUT2D eigenvalue weighted by Gasteiger charge is -2.18. The van der Waals surface area contributed by atoms with Crippen LogP contribution < -0.4 is 16.0 Å². The van der Waals surface area contributed by atoms with E-state index in [1.54, 1.807) is 91.0 Å². The van der Waals surface area contributed by atoms with E-state index in [0.717, 1.165) is 0 Å². The Morgan fingerprint density at radius 3 is 2.04 bits per heavy atom. The Labute approximate surface area is 284 Å². The van der Waals surface area contributed by atoms with E-state index in [1.807, 2.05) is 6.07 Å². The van der Waals surface area contributed by atoms with E-state index in [9.17, 15) is 28.7 Å². The molecule has 0 fully saturated rings. The Bertz CT molecular complexity index is 1990. The molecule has 0 saturated carbocycles. The molecule has 11 heteroatoms. The summed E-state index contributed by atoms with van der Waals surface area (Å²) in [6, 6.07) is 34.0. The van der Waals surface area contributed by atoms with Crippen molar-refractivity contribution in [2.75, 3.05) is 10.6 Å². The van der Waals surface area contributed by atoms with Crippen molar-refractivity contribution in [3.05, 3.63) is 166 Å². The van der Waals surface area contributed by atoms with Gasteiger partial charge < -0.3 is 21.1 Å². The van der Waals surface area contributed by atoms with Gasteiger partial charge in [-0.05, 0) is 72.3 Å². The molecule has 0 spiro atoms. The van der Waals surface area contributed by atoms with Crippen LogP contribution in [0.5, 0.6) is 0 Å². The van der Waals surface area contributed by atoms with Crippen molar-refractivity contribution in [2.45, 2.75) is 10.1 Å². The molecule has 0 aliphatic rings. The van der Waals surface area contributed by atoms with Crippen molar-refractivity contribution in [3.8, 4) is 0 Å². The highest BCUT2D eigenvalue weighted by atomic mass is 35.5. The third-order valence-electron chi connectivity index (χ3n) is 6.88. The smallest absolute Gasteiger partial charge is 0.335 e. The van der Waals surface area contributed by atoms with Crippen molar-refractivity contribution >= 4 is 64.5 Å². The van der Waals surface area contributed by atoms with Crippen LogP contribution in [-0.4, -0.2) is 28.8 Å². The molecule has 0 aliphatic carbocycles. The Kier molecular flexibility index (Phi) is 11.0. The van der Waals surface area contributed by atoms with Crippen LogP contribution in [0.1, 0.15) is 37.1 Å². The summed E-state index contributed by atoms with van der Waals surface area (Å²) in [7, 11) is 0. The minimum atomic E-state index is -1.12. The zero-order valence-corrected chi connectivity index (χ0v) is 26.6. The first-order chi connectivity index (χ1) is 23.2. The molecule has 5 aromatic carbocycles. The van der Waals surface area contributed by atoms with Gasteiger partial charge in [-0.3, -0.25) is 14.4 Å². The average Bonchev–Trinajstić information content (AvgIpc) is 3.09. The quantitative estimate of drug-likeness (QED) is 0.0827. The van der Waals surface area contributed by atoms with Crippen LogP contribution in [-0.2, 0) is 9.59 Å². The molecule has 5 rings (SSSR count). The second-order valence-electron chi connectivity index (χ2n) is 10.3. The number of rotatable bonds is 11. The fourth-order valence-corrected chi connectivity index (χ4v) is 5.86. The average molecular weight is 680 g/mol. The van der Waals surface area contributed by atoms with E-state index >= 15 is 0 Å². The number of carboxylic acid groups (broad SMARTS) is 1. The molecule has 4 N–H and O–H groups in total. The van der Waals surface area contributed by atoms with Gasteiger partial charge in [0, 0.05) is 27.4 Å². The minimum Gasteiger partial charge on any atom is -0.478 e. The maximum absolute atomic E-state index is 14.7. The lowest BCUT2D eigenvalue weighted by molar-refractivity contribution is -0.116. The Hall–Kier alpha value is -5.71. The Balaban J connectivity index is 1.40. The summed E-state index contributed by atoms with van der Waals surface area (Å²) in [6.45, 7) is 0. The number of thioether (sulfide) groups is 1. The maximum atomic E-state index is 14.7. The molecule has 1 atom stereocenters. The molecule has 0 aliphatic heterocycles. The highest BCUT2D eigenvalue weighted by molar-refractivity contribution is 8.00. The molecule has 0 saturated heterocycles. The van der Waals surface area contributed by atoms with Crippen molar-refractivity contribution in [1.82, 2.24) is 5.32 Å². The summed E-state index contributed by atoms with van der Waals surface area (Å²) in [4.78, 5) is 52.2. The van der Waals surface area contributed by atoms with E-state index in [2.05, 4.69) is 16.0 Å². The molecular formula is C37H27ClFN3O5S. The molecule has 0 aromatic heterocycles. The topological polar surface area (TPSA) is 125 Å². The van der Waals surface area contributed by atoms with Crippen LogP contribution in [0.4, 0.5) is 15.8 Å². The zero-order chi connectivity index (χ0) is 34.0. The van der Waals surface area contributed by atoms with Crippen LogP contribution in [0.15, 0.2) is 138 Å². The van der Waals surface area contributed by atoms with Crippen LogP contribution in [0.2, 0.25) is 5.02 Å². The minimum absolute atomic E-state index is 0.0332. The largest absolute Gasteiger partial charge is 0.478 e. The van der Waals surface area contributed by atoms with Gasteiger partial charge in [0.25, 0.3) is 11.8 Å². The number of halogens is 2. The van der Waals surface area contributed by atoms with Gasteiger partial charge >= 0.3 is 5.97 Å². The molecule has 0 bridgehead atoms. The van der Waals surface area contributed by atoms with Crippen molar-refractivity contribution in [2.24, 2.45) is 0 Å². The monoisotopic (exact) mass is 679 g/mol. The third-order valence-corrected chi connectivity index (χ3v) is 8.46. The zero-order valence-electron chi connectivity index (χ0n) is 25.0. The number of carboxylic acids is 1. The number of hydrogen-bond acceptors (Lipinski definition) is 5. The van der Waals surface area contributed by atoms with Crippen LogP contribution >= 0.6 is 23.4 Å². The van der Waals surface area contributed by atoms with E-state index in [-0.39, 0.29) is 27.4 Å². The Morgan fingerprint density at radius 2 is 1.35 bits per heavy atom. The summed E-state index contributed by atoms with van der Waals surface area (Å²) in [6.07, 6.45) is 1.17. The van der Waals surface area contributed by atoms with E-state index in [1.165, 1.54) is 48.2 Å². The molecule has 48 heavy (non-hydrogen) atoms. The Morgan fingerprint density at radius 1 is 0.729 bits per heavy atom. The summed E-state index contributed by atoms with van der Waals surface area (Å²) >= 11 is 7.43.